The van der Waals surface area contributed by atoms with Crippen LogP contribution in [0.1, 0.15) is 24.8 Å². The summed E-state index contributed by atoms with van der Waals surface area (Å²) in [6.45, 7) is 2.02. The van der Waals surface area contributed by atoms with E-state index in [1.807, 2.05) is 11.0 Å². The quantitative estimate of drug-likeness (QED) is 0.886. The van der Waals surface area contributed by atoms with Gasteiger partial charge in [-0.25, -0.2) is 4.39 Å². The van der Waals surface area contributed by atoms with Crippen molar-refractivity contribution in [2.45, 2.75) is 37.8 Å². The van der Waals surface area contributed by atoms with Gasteiger partial charge >= 0.3 is 0 Å². The van der Waals surface area contributed by atoms with E-state index in [1.165, 1.54) is 6.07 Å². The number of aliphatic hydroxyl groups is 1. The SMILES string of the molecule is O=C(C1CC(O)CN1)N1CCC(Cc2cccc(F)c2)CC1. The number of hydrogen-bond acceptors (Lipinski definition) is 3. The van der Waals surface area contributed by atoms with Gasteiger partial charge < -0.3 is 15.3 Å². The Morgan fingerprint density at radius 3 is 2.77 bits per heavy atom. The monoisotopic (exact) mass is 306 g/mol. The van der Waals surface area contributed by atoms with E-state index in [9.17, 15) is 14.3 Å². The third-order valence-corrected chi connectivity index (χ3v) is 4.75. The van der Waals surface area contributed by atoms with Crippen LogP contribution in [0.2, 0.25) is 0 Å². The molecule has 2 atom stereocenters. The number of β-amino-alcohol motifs (C(OH)–C–C–N with tert-alkyl or cyclic N) is 1. The second-order valence-corrected chi connectivity index (χ2v) is 6.45. The first-order valence-corrected chi connectivity index (χ1v) is 8.06. The number of rotatable bonds is 3. The second-order valence-electron chi connectivity index (χ2n) is 6.45. The summed E-state index contributed by atoms with van der Waals surface area (Å²) in [7, 11) is 0. The van der Waals surface area contributed by atoms with E-state index in [2.05, 4.69) is 5.32 Å². The molecule has 2 heterocycles. The highest BCUT2D eigenvalue weighted by atomic mass is 19.1. The fraction of sp³-hybridized carbons (Fsp3) is 0.588. The molecule has 0 saturated carbocycles. The third kappa shape index (κ3) is 3.65. The van der Waals surface area contributed by atoms with E-state index >= 15 is 0 Å². The number of carbonyl (C=O) groups is 1. The van der Waals surface area contributed by atoms with E-state index in [-0.39, 0.29) is 17.8 Å². The lowest BCUT2D eigenvalue weighted by atomic mass is 9.90. The van der Waals surface area contributed by atoms with Crippen LogP contribution in [0, 0.1) is 11.7 Å². The average molecular weight is 306 g/mol. The molecule has 22 heavy (non-hydrogen) atoms. The van der Waals surface area contributed by atoms with Gasteiger partial charge in [0.25, 0.3) is 0 Å². The first-order chi connectivity index (χ1) is 10.6. The summed E-state index contributed by atoms with van der Waals surface area (Å²) in [5, 5.41) is 12.6. The van der Waals surface area contributed by atoms with Gasteiger partial charge in [0, 0.05) is 19.6 Å². The molecule has 0 aliphatic carbocycles. The first-order valence-electron chi connectivity index (χ1n) is 8.06. The van der Waals surface area contributed by atoms with Crippen LogP contribution in [0.25, 0.3) is 0 Å². The zero-order valence-corrected chi connectivity index (χ0v) is 12.7. The van der Waals surface area contributed by atoms with Crippen molar-refractivity contribution in [3.63, 3.8) is 0 Å². The van der Waals surface area contributed by atoms with Gasteiger partial charge in [-0.1, -0.05) is 12.1 Å². The molecule has 1 amide bonds. The zero-order valence-electron chi connectivity index (χ0n) is 12.7. The number of amides is 1. The summed E-state index contributed by atoms with van der Waals surface area (Å²) in [6.07, 6.45) is 2.90. The minimum absolute atomic E-state index is 0.112. The van der Waals surface area contributed by atoms with Crippen LogP contribution >= 0.6 is 0 Å². The number of aliphatic hydroxyl groups excluding tert-OH is 1. The lowest BCUT2D eigenvalue weighted by molar-refractivity contribution is -0.134. The molecule has 2 saturated heterocycles. The summed E-state index contributed by atoms with van der Waals surface area (Å²) in [5.41, 5.74) is 1.03. The van der Waals surface area contributed by atoms with Crippen molar-refractivity contribution >= 4 is 5.91 Å². The number of likely N-dealkylation sites (tertiary alicyclic amines) is 1. The topological polar surface area (TPSA) is 52.6 Å². The fourth-order valence-electron chi connectivity index (χ4n) is 3.48. The van der Waals surface area contributed by atoms with E-state index in [0.29, 0.717) is 18.9 Å². The normalized spacial score (nSPS) is 26.4. The van der Waals surface area contributed by atoms with Crippen molar-refractivity contribution in [2.75, 3.05) is 19.6 Å². The highest BCUT2D eigenvalue weighted by molar-refractivity contribution is 5.82. The van der Waals surface area contributed by atoms with Crippen molar-refractivity contribution < 1.29 is 14.3 Å². The molecule has 0 spiro atoms. The van der Waals surface area contributed by atoms with Gasteiger partial charge in [0.15, 0.2) is 0 Å². The van der Waals surface area contributed by atoms with Crippen LogP contribution in [0.5, 0.6) is 0 Å². The molecule has 2 aliphatic heterocycles. The Bertz CT molecular complexity index is 529. The first kappa shape index (κ1) is 15.4. The number of nitrogens with one attached hydrogen (secondary N) is 1. The van der Waals surface area contributed by atoms with Crippen LogP contribution in [-0.2, 0) is 11.2 Å². The summed E-state index contributed by atoms with van der Waals surface area (Å²) in [4.78, 5) is 14.3. The Kier molecular flexibility index (Phi) is 4.74. The number of hydrogen-bond donors (Lipinski definition) is 2. The van der Waals surface area contributed by atoms with Gasteiger partial charge in [-0.05, 0) is 49.3 Å². The van der Waals surface area contributed by atoms with Gasteiger partial charge in [0.2, 0.25) is 5.91 Å². The van der Waals surface area contributed by atoms with Gasteiger partial charge in [-0.3, -0.25) is 4.79 Å². The van der Waals surface area contributed by atoms with Gasteiger partial charge in [-0.2, -0.15) is 0 Å². The Morgan fingerprint density at radius 1 is 1.36 bits per heavy atom. The van der Waals surface area contributed by atoms with E-state index < -0.39 is 6.10 Å². The zero-order chi connectivity index (χ0) is 15.5. The Hall–Kier alpha value is -1.46. The molecule has 2 N–H and O–H groups in total. The predicted molar refractivity (Wildman–Crippen MR) is 81.8 cm³/mol. The molecule has 0 radical (unpaired) electrons. The smallest absolute Gasteiger partial charge is 0.239 e. The minimum Gasteiger partial charge on any atom is -0.392 e. The van der Waals surface area contributed by atoms with E-state index in [0.717, 1.165) is 37.9 Å². The van der Waals surface area contributed by atoms with Gasteiger partial charge in [0.05, 0.1) is 12.1 Å². The maximum Gasteiger partial charge on any atom is 0.239 e. The van der Waals surface area contributed by atoms with Crippen LogP contribution in [-0.4, -0.2) is 47.7 Å². The number of halogens is 1. The molecule has 5 heteroatoms. The van der Waals surface area contributed by atoms with E-state index in [4.69, 9.17) is 0 Å². The molecule has 120 valence electrons. The molecule has 0 aromatic heterocycles. The Morgan fingerprint density at radius 2 is 2.14 bits per heavy atom. The molecule has 2 unspecified atom stereocenters. The van der Waals surface area contributed by atoms with Gasteiger partial charge in [-0.15, -0.1) is 0 Å². The summed E-state index contributed by atoms with van der Waals surface area (Å²) < 4.78 is 13.2. The summed E-state index contributed by atoms with van der Waals surface area (Å²) in [6, 6.07) is 6.55. The molecular weight excluding hydrogens is 283 g/mol. The lowest BCUT2D eigenvalue weighted by Gasteiger charge is -2.33. The van der Waals surface area contributed by atoms with Crippen molar-refractivity contribution in [3.8, 4) is 0 Å². The van der Waals surface area contributed by atoms with Crippen LogP contribution in [0.15, 0.2) is 24.3 Å². The third-order valence-electron chi connectivity index (χ3n) is 4.75. The number of benzene rings is 1. The van der Waals surface area contributed by atoms with Gasteiger partial charge in [0.1, 0.15) is 5.82 Å². The maximum atomic E-state index is 13.2. The standard InChI is InChI=1S/C17H23FN2O2/c18-14-3-1-2-13(9-14)8-12-4-6-20(7-5-12)17(22)16-10-15(21)11-19-16/h1-3,9,12,15-16,19,21H,4-8,10-11H2. The molecule has 2 aliphatic rings. The molecule has 1 aromatic rings. The summed E-state index contributed by atoms with van der Waals surface area (Å²) in [5.74, 6) is 0.435. The number of nitrogens with zero attached hydrogens (tertiary/aromatic N) is 1. The number of carbonyl (C=O) groups excluding carboxylic acids is 1. The predicted octanol–water partition coefficient (Wildman–Crippen LogP) is 1.33. The van der Waals surface area contributed by atoms with Crippen molar-refractivity contribution in [1.82, 2.24) is 10.2 Å². The molecule has 0 bridgehead atoms. The average Bonchev–Trinajstić information content (AvgIpc) is 2.94. The van der Waals surface area contributed by atoms with Crippen LogP contribution < -0.4 is 5.32 Å². The Balaban J connectivity index is 1.49. The van der Waals surface area contributed by atoms with Crippen molar-refractivity contribution in [3.05, 3.63) is 35.6 Å². The van der Waals surface area contributed by atoms with Crippen molar-refractivity contribution in [1.29, 1.82) is 0 Å². The van der Waals surface area contributed by atoms with Crippen LogP contribution in [0.4, 0.5) is 4.39 Å². The highest BCUT2D eigenvalue weighted by Gasteiger charge is 2.33. The van der Waals surface area contributed by atoms with E-state index in [1.54, 1.807) is 12.1 Å². The summed E-state index contributed by atoms with van der Waals surface area (Å²) >= 11 is 0. The molecular formula is C17H23FN2O2. The maximum absolute atomic E-state index is 13.2. The lowest BCUT2D eigenvalue weighted by Crippen LogP contribution is -2.47. The minimum atomic E-state index is -0.403. The molecule has 4 nitrogen and oxygen atoms in total. The Labute approximate surface area is 130 Å². The second kappa shape index (κ2) is 6.75. The highest BCUT2D eigenvalue weighted by Crippen LogP contribution is 2.23. The van der Waals surface area contributed by atoms with Crippen molar-refractivity contribution in [2.24, 2.45) is 5.92 Å². The largest absolute Gasteiger partial charge is 0.392 e. The van der Waals surface area contributed by atoms with Crippen LogP contribution in [0.3, 0.4) is 0 Å². The fourth-order valence-corrected chi connectivity index (χ4v) is 3.48. The molecule has 2 fully saturated rings. The number of piperidine rings is 1. The molecule has 3 rings (SSSR count). The molecule has 1 aromatic carbocycles.